The lowest BCUT2D eigenvalue weighted by Gasteiger charge is -2.29. The van der Waals surface area contributed by atoms with E-state index in [0.717, 1.165) is 23.6 Å². The van der Waals surface area contributed by atoms with Crippen molar-refractivity contribution >= 4 is 29.0 Å². The van der Waals surface area contributed by atoms with Gasteiger partial charge < -0.3 is 10.1 Å². The fourth-order valence-corrected chi connectivity index (χ4v) is 4.44. The van der Waals surface area contributed by atoms with Crippen LogP contribution in [0.1, 0.15) is 48.1 Å². The highest BCUT2D eigenvalue weighted by Crippen LogP contribution is 2.28. The number of rotatable bonds is 6. The molecule has 20 heavy (non-hydrogen) atoms. The molecule has 0 aromatic carbocycles. The van der Waals surface area contributed by atoms with Gasteiger partial charge in [0.25, 0.3) is 5.91 Å². The molecule has 0 unspecified atom stereocenters. The summed E-state index contributed by atoms with van der Waals surface area (Å²) < 4.78 is 5.03. The van der Waals surface area contributed by atoms with Gasteiger partial charge in [0.2, 0.25) is 0 Å². The first-order chi connectivity index (χ1) is 9.72. The van der Waals surface area contributed by atoms with Gasteiger partial charge in [0.15, 0.2) is 0 Å². The second-order valence-electron chi connectivity index (χ2n) is 4.97. The largest absolute Gasteiger partial charge is 0.378 e. The first-order valence-electron chi connectivity index (χ1n) is 7.08. The Morgan fingerprint density at radius 1 is 1.60 bits per heavy atom. The van der Waals surface area contributed by atoms with E-state index in [9.17, 15) is 4.79 Å². The van der Waals surface area contributed by atoms with Gasteiger partial charge in [-0.25, -0.2) is 4.98 Å². The molecule has 1 aromatic heterocycles. The number of hydrogen-bond acceptors (Lipinski definition) is 5. The zero-order chi connectivity index (χ0) is 14.4. The number of carbonyl (C=O) groups is 1. The molecule has 4 nitrogen and oxygen atoms in total. The third-order valence-corrected chi connectivity index (χ3v) is 5.47. The summed E-state index contributed by atoms with van der Waals surface area (Å²) in [4.78, 5) is 16.5. The molecule has 1 heterocycles. The Hall–Kier alpha value is -0.590. The van der Waals surface area contributed by atoms with E-state index in [1.54, 1.807) is 7.11 Å². The number of aromatic nitrogens is 1. The van der Waals surface area contributed by atoms with E-state index in [1.807, 2.05) is 17.1 Å². The lowest BCUT2D eigenvalue weighted by molar-refractivity contribution is 0.0923. The first kappa shape index (κ1) is 15.8. The van der Waals surface area contributed by atoms with Crippen molar-refractivity contribution in [1.82, 2.24) is 10.3 Å². The van der Waals surface area contributed by atoms with Gasteiger partial charge in [-0.1, -0.05) is 13.3 Å². The molecule has 0 spiro atoms. The summed E-state index contributed by atoms with van der Waals surface area (Å²) in [6.45, 7) is 2.66. The molecular weight excluding hydrogens is 292 g/mol. The van der Waals surface area contributed by atoms with E-state index in [-0.39, 0.29) is 5.91 Å². The number of ether oxygens (including phenoxy) is 1. The van der Waals surface area contributed by atoms with Crippen molar-refractivity contribution in [2.75, 3.05) is 12.9 Å². The van der Waals surface area contributed by atoms with Crippen molar-refractivity contribution in [3.05, 3.63) is 16.1 Å². The van der Waals surface area contributed by atoms with Crippen LogP contribution < -0.4 is 5.32 Å². The Balaban J connectivity index is 1.86. The van der Waals surface area contributed by atoms with Crippen LogP contribution >= 0.6 is 23.1 Å². The van der Waals surface area contributed by atoms with E-state index in [4.69, 9.17) is 4.74 Å². The Kier molecular flexibility index (Phi) is 6.32. The topological polar surface area (TPSA) is 51.2 Å². The van der Waals surface area contributed by atoms with Crippen molar-refractivity contribution in [3.63, 3.8) is 0 Å². The summed E-state index contributed by atoms with van der Waals surface area (Å²) in [6.07, 6.45) is 4.65. The molecule has 0 saturated heterocycles. The van der Waals surface area contributed by atoms with Gasteiger partial charge >= 0.3 is 0 Å². The fourth-order valence-electron chi connectivity index (χ4n) is 2.53. The van der Waals surface area contributed by atoms with Crippen molar-refractivity contribution in [1.29, 1.82) is 0 Å². The number of carbonyl (C=O) groups excluding carboxylic acids is 1. The van der Waals surface area contributed by atoms with Crippen LogP contribution in [0.4, 0.5) is 0 Å². The van der Waals surface area contributed by atoms with Gasteiger partial charge in [-0.2, -0.15) is 11.8 Å². The summed E-state index contributed by atoms with van der Waals surface area (Å²) in [5, 5.41) is 6.48. The molecule has 6 heteroatoms. The maximum Gasteiger partial charge on any atom is 0.270 e. The van der Waals surface area contributed by atoms with Gasteiger partial charge in [-0.05, 0) is 25.0 Å². The Morgan fingerprint density at radius 3 is 3.20 bits per heavy atom. The highest BCUT2D eigenvalue weighted by Gasteiger charge is 2.24. The molecule has 0 bridgehead atoms. The van der Waals surface area contributed by atoms with Crippen molar-refractivity contribution in [2.24, 2.45) is 0 Å². The highest BCUT2D eigenvalue weighted by molar-refractivity contribution is 7.99. The van der Waals surface area contributed by atoms with Crippen LogP contribution in [-0.2, 0) is 11.3 Å². The second-order valence-corrected chi connectivity index (χ2v) is 7.49. The molecule has 1 saturated carbocycles. The number of thioether (sulfide) groups is 1. The minimum absolute atomic E-state index is 0.0456. The van der Waals surface area contributed by atoms with Crippen LogP contribution in [0.15, 0.2) is 5.38 Å². The van der Waals surface area contributed by atoms with Crippen molar-refractivity contribution in [3.8, 4) is 0 Å². The molecule has 2 atom stereocenters. The van der Waals surface area contributed by atoms with Gasteiger partial charge in [-0.3, -0.25) is 4.79 Å². The Labute approximate surface area is 128 Å². The third kappa shape index (κ3) is 4.46. The predicted octanol–water partition coefficient (Wildman–Crippen LogP) is 3.08. The number of nitrogens with one attached hydrogen (secondary N) is 1. The van der Waals surface area contributed by atoms with E-state index in [1.165, 1.54) is 24.2 Å². The molecule has 1 amide bonds. The summed E-state index contributed by atoms with van der Waals surface area (Å²) >= 11 is 3.48. The number of nitrogens with zero attached hydrogens (tertiary/aromatic N) is 1. The zero-order valence-electron chi connectivity index (χ0n) is 12.1. The Bertz CT molecular complexity index is 435. The molecule has 0 radical (unpaired) electrons. The van der Waals surface area contributed by atoms with Crippen molar-refractivity contribution in [2.45, 2.75) is 50.5 Å². The minimum atomic E-state index is -0.0456. The fraction of sp³-hybridized carbons (Fsp3) is 0.714. The van der Waals surface area contributed by atoms with Gasteiger partial charge in [0.1, 0.15) is 10.7 Å². The quantitative estimate of drug-likeness (QED) is 0.876. The number of methoxy groups -OCH3 is 1. The molecule has 2 rings (SSSR count). The molecule has 1 fully saturated rings. The lowest BCUT2D eigenvalue weighted by atomic mass is 9.95. The van der Waals surface area contributed by atoms with E-state index < -0.39 is 0 Å². The van der Waals surface area contributed by atoms with Crippen LogP contribution in [-0.4, -0.2) is 35.0 Å². The first-order valence-corrected chi connectivity index (χ1v) is 9.01. The smallest absolute Gasteiger partial charge is 0.270 e. The van der Waals surface area contributed by atoms with Gasteiger partial charge in [0, 0.05) is 23.8 Å². The van der Waals surface area contributed by atoms with Crippen molar-refractivity contribution < 1.29 is 9.53 Å². The van der Waals surface area contributed by atoms with Crippen LogP contribution in [0.5, 0.6) is 0 Å². The Morgan fingerprint density at radius 2 is 2.45 bits per heavy atom. The SMILES string of the molecule is CCS[C@@H]1CCC[C@H](NC(=O)c2csc(COC)n2)C1. The number of amides is 1. The van der Waals surface area contributed by atoms with Gasteiger partial charge in [-0.15, -0.1) is 11.3 Å². The maximum absolute atomic E-state index is 12.2. The molecule has 112 valence electrons. The monoisotopic (exact) mass is 314 g/mol. The standard InChI is InChI=1S/C14H22N2O2S2/c1-3-19-11-6-4-5-10(7-11)15-14(17)12-9-20-13(16-12)8-18-2/h9-11H,3-8H2,1-2H3,(H,15,17)/t10-,11+/m0/s1. The molecule has 1 aliphatic rings. The molecule has 1 aliphatic carbocycles. The van der Waals surface area contributed by atoms with Crippen LogP contribution in [0.25, 0.3) is 0 Å². The average Bonchev–Trinajstić information content (AvgIpc) is 2.89. The normalized spacial score (nSPS) is 22.7. The second kappa shape index (κ2) is 8.00. The summed E-state index contributed by atoms with van der Waals surface area (Å²) in [5.74, 6) is 1.10. The van der Waals surface area contributed by atoms with Crippen LogP contribution in [0.2, 0.25) is 0 Å². The summed E-state index contributed by atoms with van der Waals surface area (Å²) in [6, 6.07) is 0.299. The molecule has 1 N–H and O–H groups in total. The molecule has 0 aliphatic heterocycles. The summed E-state index contributed by atoms with van der Waals surface area (Å²) in [5.41, 5.74) is 0.521. The van der Waals surface area contributed by atoms with Crippen LogP contribution in [0, 0.1) is 0 Å². The van der Waals surface area contributed by atoms with Gasteiger partial charge in [0.05, 0.1) is 6.61 Å². The summed E-state index contributed by atoms with van der Waals surface area (Å²) in [7, 11) is 1.63. The number of thiazole rings is 1. The average molecular weight is 314 g/mol. The van der Waals surface area contributed by atoms with E-state index in [0.29, 0.717) is 23.6 Å². The van der Waals surface area contributed by atoms with Crippen LogP contribution in [0.3, 0.4) is 0 Å². The van der Waals surface area contributed by atoms with E-state index >= 15 is 0 Å². The predicted molar refractivity (Wildman–Crippen MR) is 84.5 cm³/mol. The third-order valence-electron chi connectivity index (χ3n) is 3.42. The molecule has 1 aromatic rings. The highest BCUT2D eigenvalue weighted by atomic mass is 32.2. The molecular formula is C14H22N2O2S2. The lowest BCUT2D eigenvalue weighted by Crippen LogP contribution is -2.39. The minimum Gasteiger partial charge on any atom is -0.378 e. The van der Waals surface area contributed by atoms with E-state index in [2.05, 4.69) is 17.2 Å². The zero-order valence-corrected chi connectivity index (χ0v) is 13.7. The maximum atomic E-state index is 12.2. The number of hydrogen-bond donors (Lipinski definition) is 1.